The summed E-state index contributed by atoms with van der Waals surface area (Å²) in [5.41, 5.74) is 0.806. The van der Waals surface area contributed by atoms with Crippen LogP contribution >= 0.6 is 0 Å². The SMILES string of the molecule is O=C([O-])c1cncn1-c1ccccc1. The fourth-order valence-electron chi connectivity index (χ4n) is 1.24. The number of hydrogen-bond acceptors (Lipinski definition) is 3. The number of para-hydroxylation sites is 1. The van der Waals surface area contributed by atoms with E-state index in [2.05, 4.69) is 4.98 Å². The Morgan fingerprint density at radius 1 is 1.29 bits per heavy atom. The van der Waals surface area contributed by atoms with E-state index in [-0.39, 0.29) is 5.69 Å². The minimum absolute atomic E-state index is 0.0520. The van der Waals surface area contributed by atoms with E-state index >= 15 is 0 Å². The van der Waals surface area contributed by atoms with E-state index in [9.17, 15) is 9.90 Å². The predicted molar refractivity (Wildman–Crippen MR) is 47.9 cm³/mol. The third-order valence-electron chi connectivity index (χ3n) is 1.88. The van der Waals surface area contributed by atoms with Crippen molar-refractivity contribution in [1.29, 1.82) is 0 Å². The summed E-state index contributed by atoms with van der Waals surface area (Å²) >= 11 is 0. The molecule has 0 amide bonds. The Kier molecular flexibility index (Phi) is 2.02. The molecule has 0 radical (unpaired) electrons. The Labute approximate surface area is 80.4 Å². The Hall–Kier alpha value is -2.10. The van der Waals surface area contributed by atoms with E-state index in [4.69, 9.17) is 0 Å². The van der Waals surface area contributed by atoms with Gasteiger partial charge in [0, 0.05) is 5.69 Å². The highest BCUT2D eigenvalue weighted by Gasteiger charge is 2.03. The van der Waals surface area contributed by atoms with Crippen LogP contribution in [0.3, 0.4) is 0 Å². The van der Waals surface area contributed by atoms with Crippen LogP contribution in [-0.4, -0.2) is 15.5 Å². The zero-order chi connectivity index (χ0) is 9.97. The number of carbonyl (C=O) groups is 1. The molecule has 2 aromatic rings. The summed E-state index contributed by atoms with van der Waals surface area (Å²) in [7, 11) is 0. The van der Waals surface area contributed by atoms with Gasteiger partial charge in [-0.2, -0.15) is 0 Å². The second-order valence-corrected chi connectivity index (χ2v) is 2.77. The Morgan fingerprint density at radius 2 is 2.00 bits per heavy atom. The van der Waals surface area contributed by atoms with Gasteiger partial charge in [0.2, 0.25) is 0 Å². The van der Waals surface area contributed by atoms with Crippen LogP contribution in [0, 0.1) is 0 Å². The maximum absolute atomic E-state index is 10.7. The maximum atomic E-state index is 10.7. The molecule has 0 unspecified atom stereocenters. The first kappa shape index (κ1) is 8.50. The first-order valence-electron chi connectivity index (χ1n) is 4.08. The van der Waals surface area contributed by atoms with Gasteiger partial charge in [-0.15, -0.1) is 0 Å². The third-order valence-corrected chi connectivity index (χ3v) is 1.88. The van der Waals surface area contributed by atoms with Crippen molar-refractivity contribution in [2.75, 3.05) is 0 Å². The fourth-order valence-corrected chi connectivity index (χ4v) is 1.24. The topological polar surface area (TPSA) is 57.9 Å². The largest absolute Gasteiger partial charge is 0.543 e. The number of aromatic nitrogens is 2. The van der Waals surface area contributed by atoms with E-state index in [1.165, 1.54) is 17.1 Å². The van der Waals surface area contributed by atoms with Crippen molar-refractivity contribution in [3.8, 4) is 5.69 Å². The van der Waals surface area contributed by atoms with Gasteiger partial charge in [-0.1, -0.05) is 18.2 Å². The number of hydrogen-bond donors (Lipinski definition) is 0. The van der Waals surface area contributed by atoms with Crippen molar-refractivity contribution in [3.05, 3.63) is 48.5 Å². The van der Waals surface area contributed by atoms with E-state index < -0.39 is 5.97 Å². The molecule has 1 aromatic carbocycles. The standard InChI is InChI=1S/C10H8N2O2/c13-10(14)9-6-11-7-12(9)8-4-2-1-3-5-8/h1-7H,(H,13,14)/p-1. The molecule has 0 aliphatic heterocycles. The molecule has 2 rings (SSSR count). The van der Waals surface area contributed by atoms with Gasteiger partial charge in [0.1, 0.15) is 0 Å². The second-order valence-electron chi connectivity index (χ2n) is 2.77. The lowest BCUT2D eigenvalue weighted by molar-refractivity contribution is -0.255. The Bertz CT molecular complexity index is 448. The Balaban J connectivity index is 2.52. The smallest absolute Gasteiger partial charge is 0.0997 e. The van der Waals surface area contributed by atoms with Crippen LogP contribution in [0.1, 0.15) is 10.5 Å². The van der Waals surface area contributed by atoms with E-state index in [0.717, 1.165) is 5.69 Å². The molecule has 0 fully saturated rings. The summed E-state index contributed by atoms with van der Waals surface area (Å²) in [5.74, 6) is -1.23. The van der Waals surface area contributed by atoms with Crippen molar-refractivity contribution in [2.24, 2.45) is 0 Å². The monoisotopic (exact) mass is 187 g/mol. The van der Waals surface area contributed by atoms with Crippen LogP contribution < -0.4 is 5.11 Å². The van der Waals surface area contributed by atoms with Gasteiger partial charge in [-0.25, -0.2) is 4.98 Å². The van der Waals surface area contributed by atoms with Crippen molar-refractivity contribution in [3.63, 3.8) is 0 Å². The number of rotatable bonds is 2. The molecule has 70 valence electrons. The quantitative estimate of drug-likeness (QED) is 0.676. The van der Waals surface area contributed by atoms with Gasteiger partial charge in [-0.05, 0) is 12.1 Å². The molecule has 1 aromatic heterocycles. The lowest BCUT2D eigenvalue weighted by Gasteiger charge is -2.07. The van der Waals surface area contributed by atoms with E-state index in [1.54, 1.807) is 12.1 Å². The number of carboxylic acid groups (broad SMARTS) is 1. The highest BCUT2D eigenvalue weighted by Crippen LogP contribution is 2.09. The molecule has 1 heterocycles. The lowest BCUT2D eigenvalue weighted by Crippen LogP contribution is -2.24. The van der Waals surface area contributed by atoms with Crippen LogP contribution in [-0.2, 0) is 0 Å². The molecule has 0 bridgehead atoms. The second kappa shape index (κ2) is 3.33. The molecule has 0 aliphatic carbocycles. The Morgan fingerprint density at radius 3 is 2.64 bits per heavy atom. The normalized spacial score (nSPS) is 10.0. The molecule has 0 atom stereocenters. The van der Waals surface area contributed by atoms with Gasteiger partial charge < -0.3 is 9.90 Å². The molecular weight excluding hydrogens is 180 g/mol. The average molecular weight is 187 g/mol. The predicted octanol–water partition coefficient (Wildman–Crippen LogP) is 0.236. The summed E-state index contributed by atoms with van der Waals surface area (Å²) in [4.78, 5) is 14.4. The van der Waals surface area contributed by atoms with E-state index in [0.29, 0.717) is 0 Å². The number of aromatic carboxylic acids is 1. The van der Waals surface area contributed by atoms with Crippen LogP contribution in [0.4, 0.5) is 0 Å². The molecule has 0 N–H and O–H groups in total. The van der Waals surface area contributed by atoms with Crippen molar-refractivity contribution in [2.45, 2.75) is 0 Å². The molecule has 0 aliphatic rings. The summed E-state index contributed by atoms with van der Waals surface area (Å²) in [5, 5.41) is 10.7. The first-order chi connectivity index (χ1) is 6.79. The number of benzene rings is 1. The minimum atomic E-state index is -1.23. The fraction of sp³-hybridized carbons (Fsp3) is 0. The summed E-state index contributed by atoms with van der Waals surface area (Å²) in [6, 6.07) is 9.12. The highest BCUT2D eigenvalue weighted by atomic mass is 16.4. The first-order valence-corrected chi connectivity index (χ1v) is 4.08. The van der Waals surface area contributed by atoms with Crippen molar-refractivity contribution >= 4 is 5.97 Å². The highest BCUT2D eigenvalue weighted by molar-refractivity contribution is 5.84. The van der Waals surface area contributed by atoms with Crippen molar-refractivity contribution < 1.29 is 9.90 Å². The maximum Gasteiger partial charge on any atom is 0.0997 e. The molecule has 0 spiro atoms. The van der Waals surface area contributed by atoms with E-state index in [1.807, 2.05) is 18.2 Å². The van der Waals surface area contributed by atoms with Crippen LogP contribution in [0.25, 0.3) is 5.69 Å². The van der Waals surface area contributed by atoms with Crippen LogP contribution in [0.5, 0.6) is 0 Å². The molecule has 14 heavy (non-hydrogen) atoms. The zero-order valence-electron chi connectivity index (χ0n) is 7.25. The molecule has 0 saturated carbocycles. The van der Waals surface area contributed by atoms with Gasteiger partial charge in [-0.3, -0.25) is 4.57 Å². The van der Waals surface area contributed by atoms with Crippen molar-refractivity contribution in [1.82, 2.24) is 9.55 Å². The zero-order valence-corrected chi connectivity index (χ0v) is 7.25. The van der Waals surface area contributed by atoms with Gasteiger partial charge in [0.25, 0.3) is 0 Å². The lowest BCUT2D eigenvalue weighted by atomic mass is 10.3. The number of carbonyl (C=O) groups excluding carboxylic acids is 1. The molecule has 0 saturated heterocycles. The molecule has 4 heteroatoms. The number of carboxylic acids is 1. The summed E-state index contributed by atoms with van der Waals surface area (Å²) in [6.07, 6.45) is 2.71. The summed E-state index contributed by atoms with van der Waals surface area (Å²) < 4.78 is 1.47. The minimum Gasteiger partial charge on any atom is -0.543 e. The van der Waals surface area contributed by atoms with Crippen LogP contribution in [0.15, 0.2) is 42.9 Å². The van der Waals surface area contributed by atoms with Crippen LogP contribution in [0.2, 0.25) is 0 Å². The molecular formula is C10H7N2O2-. The van der Waals surface area contributed by atoms with Gasteiger partial charge in [0.05, 0.1) is 24.2 Å². The van der Waals surface area contributed by atoms with Gasteiger partial charge >= 0.3 is 0 Å². The summed E-state index contributed by atoms with van der Waals surface area (Å²) in [6.45, 7) is 0. The third kappa shape index (κ3) is 1.37. The number of imidazole rings is 1. The average Bonchev–Trinajstić information content (AvgIpc) is 2.67. The molecule has 4 nitrogen and oxygen atoms in total. The van der Waals surface area contributed by atoms with Gasteiger partial charge in [0.15, 0.2) is 0 Å². The number of nitrogens with zero attached hydrogens (tertiary/aromatic N) is 2.